The van der Waals surface area contributed by atoms with Gasteiger partial charge in [-0.1, -0.05) is 19.3 Å². The predicted molar refractivity (Wildman–Crippen MR) is 74.8 cm³/mol. The van der Waals surface area contributed by atoms with Crippen molar-refractivity contribution in [1.82, 2.24) is 0 Å². The van der Waals surface area contributed by atoms with Crippen molar-refractivity contribution in [2.24, 2.45) is 5.92 Å². The highest BCUT2D eigenvalue weighted by atomic mass is 32.1. The third-order valence-corrected chi connectivity index (χ3v) is 4.73. The maximum absolute atomic E-state index is 12.1. The number of carbonyl (C=O) groups is 1. The summed E-state index contributed by atoms with van der Waals surface area (Å²) in [6, 6.07) is 4.27. The zero-order chi connectivity index (χ0) is 13.7. The number of esters is 1. The van der Waals surface area contributed by atoms with Crippen LogP contribution in [-0.2, 0) is 14.9 Å². The number of hydrogen-bond acceptors (Lipinski definition) is 4. The molecule has 0 saturated heterocycles. The van der Waals surface area contributed by atoms with E-state index < -0.39 is 5.92 Å². The molecule has 1 saturated carbocycles. The molecule has 0 spiro atoms. The molecule has 102 valence electrons. The van der Waals surface area contributed by atoms with Crippen LogP contribution in [-0.4, -0.2) is 12.6 Å². The van der Waals surface area contributed by atoms with Crippen LogP contribution in [0.4, 0.5) is 0 Å². The molecule has 1 aliphatic rings. The molecule has 1 aromatic heterocycles. The highest BCUT2D eigenvalue weighted by Crippen LogP contribution is 2.46. The maximum Gasteiger partial charge on any atom is 0.324 e. The van der Waals surface area contributed by atoms with Crippen LogP contribution in [0, 0.1) is 17.2 Å². The first-order valence-corrected chi connectivity index (χ1v) is 7.78. The Balaban J connectivity index is 2.36. The van der Waals surface area contributed by atoms with E-state index in [1.165, 1.54) is 6.42 Å². The quantitative estimate of drug-likeness (QED) is 0.789. The first-order valence-electron chi connectivity index (χ1n) is 6.83. The average Bonchev–Trinajstić information content (AvgIpc) is 2.95. The van der Waals surface area contributed by atoms with Crippen molar-refractivity contribution in [3.63, 3.8) is 0 Å². The normalized spacial score (nSPS) is 19.4. The van der Waals surface area contributed by atoms with E-state index in [-0.39, 0.29) is 11.4 Å². The highest BCUT2D eigenvalue weighted by Gasteiger charge is 2.46. The second-order valence-electron chi connectivity index (χ2n) is 5.04. The van der Waals surface area contributed by atoms with Gasteiger partial charge in [0.15, 0.2) is 5.92 Å². The Hall–Kier alpha value is -1.34. The number of rotatable bonds is 4. The lowest BCUT2D eigenvalue weighted by Crippen LogP contribution is -2.41. The molecule has 1 fully saturated rings. The second kappa shape index (κ2) is 6.21. The summed E-state index contributed by atoms with van der Waals surface area (Å²) in [6.45, 7) is 2.11. The number of nitriles is 1. The molecule has 1 atom stereocenters. The topological polar surface area (TPSA) is 50.1 Å². The van der Waals surface area contributed by atoms with E-state index in [0.29, 0.717) is 6.61 Å². The van der Waals surface area contributed by atoms with E-state index in [2.05, 4.69) is 17.5 Å². The van der Waals surface area contributed by atoms with Crippen molar-refractivity contribution in [2.75, 3.05) is 6.61 Å². The monoisotopic (exact) mass is 277 g/mol. The highest BCUT2D eigenvalue weighted by molar-refractivity contribution is 7.08. The van der Waals surface area contributed by atoms with Crippen LogP contribution >= 0.6 is 11.3 Å². The van der Waals surface area contributed by atoms with Crippen LogP contribution in [0.25, 0.3) is 0 Å². The van der Waals surface area contributed by atoms with Crippen LogP contribution in [0.1, 0.15) is 44.6 Å². The summed E-state index contributed by atoms with van der Waals surface area (Å²) in [5.41, 5.74) is 0.802. The zero-order valence-electron chi connectivity index (χ0n) is 11.2. The molecule has 0 aliphatic heterocycles. The minimum absolute atomic E-state index is 0.330. The largest absolute Gasteiger partial charge is 0.465 e. The van der Waals surface area contributed by atoms with Crippen molar-refractivity contribution in [1.29, 1.82) is 5.26 Å². The molecule has 0 radical (unpaired) electrons. The van der Waals surface area contributed by atoms with Crippen LogP contribution in [0.3, 0.4) is 0 Å². The van der Waals surface area contributed by atoms with Gasteiger partial charge >= 0.3 is 5.97 Å². The Bertz CT molecular complexity index is 455. The molecule has 0 N–H and O–H groups in total. The predicted octanol–water partition coefficient (Wildman–Crippen LogP) is 3.65. The standard InChI is InChI=1S/C15H19NO2S/c1-2-18-14(17)13(10-16)15(7-4-3-5-8-15)12-6-9-19-11-12/h6,9,11,13H,2-5,7-8H2,1H3/t13-/m1/s1. The number of nitrogens with zero attached hydrogens (tertiary/aromatic N) is 1. The first kappa shape index (κ1) is 14.1. The minimum Gasteiger partial charge on any atom is -0.465 e. The van der Waals surface area contributed by atoms with E-state index in [1.54, 1.807) is 18.3 Å². The molecular weight excluding hydrogens is 258 g/mol. The van der Waals surface area contributed by atoms with Crippen molar-refractivity contribution < 1.29 is 9.53 Å². The summed E-state index contributed by atoms with van der Waals surface area (Å²) in [7, 11) is 0. The minimum atomic E-state index is -0.678. The van der Waals surface area contributed by atoms with Gasteiger partial charge in [0.05, 0.1) is 12.7 Å². The Morgan fingerprint density at radius 3 is 2.79 bits per heavy atom. The van der Waals surface area contributed by atoms with E-state index in [1.807, 2.05) is 5.38 Å². The molecule has 2 rings (SSSR count). The SMILES string of the molecule is CCOC(=O)[C@@H](C#N)C1(c2ccsc2)CCCCC1. The fourth-order valence-corrected chi connectivity index (χ4v) is 3.87. The molecule has 1 aromatic rings. The van der Waals surface area contributed by atoms with E-state index in [0.717, 1.165) is 31.2 Å². The fourth-order valence-electron chi connectivity index (χ4n) is 3.10. The molecule has 3 nitrogen and oxygen atoms in total. The van der Waals surface area contributed by atoms with E-state index >= 15 is 0 Å². The van der Waals surface area contributed by atoms with Gasteiger partial charge in [-0.15, -0.1) is 0 Å². The Morgan fingerprint density at radius 2 is 2.26 bits per heavy atom. The molecule has 0 bridgehead atoms. The van der Waals surface area contributed by atoms with Gasteiger partial charge in [-0.2, -0.15) is 16.6 Å². The number of ether oxygens (including phenoxy) is 1. The Kier molecular flexibility index (Phi) is 4.60. The first-order chi connectivity index (χ1) is 9.24. The molecular formula is C15H19NO2S. The van der Waals surface area contributed by atoms with Crippen molar-refractivity contribution in [3.8, 4) is 6.07 Å². The molecule has 1 aliphatic carbocycles. The summed E-state index contributed by atoms with van der Waals surface area (Å²) < 4.78 is 5.11. The van der Waals surface area contributed by atoms with Crippen LogP contribution < -0.4 is 0 Å². The third-order valence-electron chi connectivity index (χ3n) is 4.05. The summed E-state index contributed by atoms with van der Waals surface area (Å²) in [5.74, 6) is -1.04. The molecule has 0 aromatic carbocycles. The van der Waals surface area contributed by atoms with Gasteiger partial charge < -0.3 is 4.74 Å². The van der Waals surface area contributed by atoms with Crippen molar-refractivity contribution in [2.45, 2.75) is 44.4 Å². The summed E-state index contributed by atoms with van der Waals surface area (Å²) in [5, 5.41) is 13.6. The van der Waals surface area contributed by atoms with Crippen molar-refractivity contribution >= 4 is 17.3 Å². The Labute approximate surface area is 118 Å². The average molecular weight is 277 g/mol. The third kappa shape index (κ3) is 2.66. The van der Waals surface area contributed by atoms with E-state index in [9.17, 15) is 10.1 Å². The van der Waals surface area contributed by atoms with Crippen LogP contribution in [0.2, 0.25) is 0 Å². The molecule has 1 heterocycles. The number of hydrogen-bond donors (Lipinski definition) is 0. The molecule has 19 heavy (non-hydrogen) atoms. The van der Waals surface area contributed by atoms with Crippen LogP contribution in [0.15, 0.2) is 16.8 Å². The van der Waals surface area contributed by atoms with Crippen LogP contribution in [0.5, 0.6) is 0 Å². The van der Waals surface area contributed by atoms with Gasteiger partial charge in [0, 0.05) is 5.41 Å². The van der Waals surface area contributed by atoms with Gasteiger partial charge in [-0.25, -0.2) is 0 Å². The van der Waals surface area contributed by atoms with Gasteiger partial charge in [0.1, 0.15) is 0 Å². The van der Waals surface area contributed by atoms with Gasteiger partial charge in [0.2, 0.25) is 0 Å². The van der Waals surface area contributed by atoms with Crippen molar-refractivity contribution in [3.05, 3.63) is 22.4 Å². The summed E-state index contributed by atoms with van der Waals surface area (Å²) in [4.78, 5) is 12.1. The van der Waals surface area contributed by atoms with Gasteiger partial charge in [-0.05, 0) is 42.2 Å². The maximum atomic E-state index is 12.1. The summed E-state index contributed by atoms with van der Waals surface area (Å²) >= 11 is 1.62. The Morgan fingerprint density at radius 1 is 1.53 bits per heavy atom. The number of thiophene rings is 1. The van der Waals surface area contributed by atoms with Gasteiger partial charge in [-0.3, -0.25) is 4.79 Å². The molecule has 4 heteroatoms. The van der Waals surface area contributed by atoms with E-state index in [4.69, 9.17) is 4.74 Å². The fraction of sp³-hybridized carbons (Fsp3) is 0.600. The lowest BCUT2D eigenvalue weighted by Gasteiger charge is -2.39. The lowest BCUT2D eigenvalue weighted by molar-refractivity contribution is -0.148. The van der Waals surface area contributed by atoms with Gasteiger partial charge in [0.25, 0.3) is 0 Å². The number of carbonyl (C=O) groups excluding carboxylic acids is 1. The zero-order valence-corrected chi connectivity index (χ0v) is 12.0. The second-order valence-corrected chi connectivity index (χ2v) is 5.82. The molecule has 0 amide bonds. The molecule has 0 unspecified atom stereocenters. The smallest absolute Gasteiger partial charge is 0.324 e. The summed E-state index contributed by atoms with van der Waals surface area (Å²) in [6.07, 6.45) is 5.15. The lowest BCUT2D eigenvalue weighted by atomic mass is 9.63.